The highest BCUT2D eigenvalue weighted by molar-refractivity contribution is 5.71. The first kappa shape index (κ1) is 14.7. The van der Waals surface area contributed by atoms with Crippen molar-refractivity contribution in [2.45, 2.75) is 39.4 Å². The zero-order valence-corrected chi connectivity index (χ0v) is 10.1. The molecule has 6 heteroatoms. The molecular weight excluding hydrogens is 214 g/mol. The van der Waals surface area contributed by atoms with Gasteiger partial charge in [-0.15, -0.1) is 0 Å². The minimum atomic E-state index is -1.03. The molecule has 0 aliphatic rings. The van der Waals surface area contributed by atoms with E-state index in [1.54, 1.807) is 20.8 Å². The standard InChI is InChI=1S/C10H19NO5/c1-7(8(12)13)15-6-5-11-9(14)16-10(2,3)4/h7H,5-6H2,1-4H3,(H,11,14)(H,12,13)/t7-/m1/s1. The smallest absolute Gasteiger partial charge is 0.407 e. The molecular formula is C10H19NO5. The minimum absolute atomic E-state index is 0.132. The molecule has 0 aromatic rings. The van der Waals surface area contributed by atoms with Gasteiger partial charge in [0.2, 0.25) is 0 Å². The van der Waals surface area contributed by atoms with Crippen LogP contribution >= 0.6 is 0 Å². The number of carbonyl (C=O) groups excluding carboxylic acids is 1. The molecule has 0 aliphatic carbocycles. The van der Waals surface area contributed by atoms with Crippen LogP contribution in [0, 0.1) is 0 Å². The second kappa shape index (κ2) is 6.32. The summed E-state index contributed by atoms with van der Waals surface area (Å²) in [6.07, 6.45) is -1.42. The molecule has 0 saturated heterocycles. The zero-order chi connectivity index (χ0) is 12.8. The number of hydrogen-bond donors (Lipinski definition) is 2. The number of aliphatic carboxylic acids is 1. The first-order valence-electron chi connectivity index (χ1n) is 5.03. The number of alkyl carbamates (subject to hydrolysis) is 1. The number of ether oxygens (including phenoxy) is 2. The van der Waals surface area contributed by atoms with Crippen molar-refractivity contribution in [2.24, 2.45) is 0 Å². The van der Waals surface area contributed by atoms with Crippen molar-refractivity contribution in [3.8, 4) is 0 Å². The number of hydrogen-bond acceptors (Lipinski definition) is 4. The summed E-state index contributed by atoms with van der Waals surface area (Å²) >= 11 is 0. The van der Waals surface area contributed by atoms with Gasteiger partial charge in [-0.25, -0.2) is 9.59 Å². The number of carboxylic acids is 1. The van der Waals surface area contributed by atoms with Crippen LogP contribution in [0.5, 0.6) is 0 Å². The summed E-state index contributed by atoms with van der Waals surface area (Å²) in [4.78, 5) is 21.5. The molecule has 0 aromatic heterocycles. The lowest BCUT2D eigenvalue weighted by Gasteiger charge is -2.19. The monoisotopic (exact) mass is 233 g/mol. The van der Waals surface area contributed by atoms with E-state index in [1.165, 1.54) is 6.92 Å². The maximum atomic E-state index is 11.1. The Morgan fingerprint density at radius 3 is 2.38 bits per heavy atom. The van der Waals surface area contributed by atoms with Crippen LogP contribution in [0.15, 0.2) is 0 Å². The van der Waals surface area contributed by atoms with Crippen molar-refractivity contribution in [3.63, 3.8) is 0 Å². The van der Waals surface area contributed by atoms with Gasteiger partial charge in [0, 0.05) is 6.54 Å². The lowest BCUT2D eigenvalue weighted by molar-refractivity contribution is -0.148. The van der Waals surface area contributed by atoms with Crippen LogP contribution in [0.2, 0.25) is 0 Å². The summed E-state index contributed by atoms with van der Waals surface area (Å²) in [5.74, 6) is -1.03. The summed E-state index contributed by atoms with van der Waals surface area (Å²) in [6.45, 7) is 7.05. The van der Waals surface area contributed by atoms with Crippen molar-refractivity contribution in [1.29, 1.82) is 0 Å². The highest BCUT2D eigenvalue weighted by atomic mass is 16.6. The van der Waals surface area contributed by atoms with Crippen molar-refractivity contribution in [2.75, 3.05) is 13.2 Å². The van der Waals surface area contributed by atoms with Gasteiger partial charge in [0.25, 0.3) is 0 Å². The third-order valence-corrected chi connectivity index (χ3v) is 1.49. The van der Waals surface area contributed by atoms with Crippen LogP contribution in [0.1, 0.15) is 27.7 Å². The fourth-order valence-electron chi connectivity index (χ4n) is 0.774. The number of carboxylic acid groups (broad SMARTS) is 1. The van der Waals surface area contributed by atoms with E-state index in [1.807, 2.05) is 0 Å². The molecule has 0 bridgehead atoms. The second-order valence-electron chi connectivity index (χ2n) is 4.28. The lowest BCUT2D eigenvalue weighted by Crippen LogP contribution is -2.35. The van der Waals surface area contributed by atoms with E-state index in [9.17, 15) is 9.59 Å². The van der Waals surface area contributed by atoms with E-state index in [0.29, 0.717) is 0 Å². The van der Waals surface area contributed by atoms with Crippen LogP contribution in [-0.2, 0) is 14.3 Å². The number of amides is 1. The normalized spacial score (nSPS) is 13.0. The first-order chi connectivity index (χ1) is 7.22. The maximum absolute atomic E-state index is 11.1. The SMILES string of the molecule is C[C@@H](OCCNC(=O)OC(C)(C)C)C(=O)O. The maximum Gasteiger partial charge on any atom is 0.407 e. The van der Waals surface area contributed by atoms with Gasteiger partial charge in [-0.3, -0.25) is 0 Å². The molecule has 0 unspecified atom stereocenters. The van der Waals surface area contributed by atoms with E-state index in [-0.39, 0.29) is 13.2 Å². The van der Waals surface area contributed by atoms with Crippen LogP contribution in [0.25, 0.3) is 0 Å². The van der Waals surface area contributed by atoms with Crippen molar-refractivity contribution >= 4 is 12.1 Å². The van der Waals surface area contributed by atoms with E-state index in [0.717, 1.165) is 0 Å². The van der Waals surface area contributed by atoms with Gasteiger partial charge < -0.3 is 19.9 Å². The molecule has 0 aliphatic heterocycles. The van der Waals surface area contributed by atoms with Gasteiger partial charge >= 0.3 is 12.1 Å². The van der Waals surface area contributed by atoms with Gasteiger partial charge in [0.15, 0.2) is 6.10 Å². The fraction of sp³-hybridized carbons (Fsp3) is 0.800. The Morgan fingerprint density at radius 1 is 1.38 bits per heavy atom. The molecule has 0 fully saturated rings. The second-order valence-corrected chi connectivity index (χ2v) is 4.28. The Labute approximate surface area is 94.9 Å². The summed E-state index contributed by atoms with van der Waals surface area (Å²) in [6, 6.07) is 0. The lowest BCUT2D eigenvalue weighted by atomic mass is 10.2. The Balaban J connectivity index is 3.60. The van der Waals surface area contributed by atoms with Gasteiger partial charge in [0.05, 0.1) is 6.61 Å². The molecule has 0 heterocycles. The van der Waals surface area contributed by atoms with E-state index in [4.69, 9.17) is 14.6 Å². The van der Waals surface area contributed by atoms with Crippen LogP contribution in [0.3, 0.4) is 0 Å². The Morgan fingerprint density at radius 2 is 1.94 bits per heavy atom. The molecule has 6 nitrogen and oxygen atoms in total. The quantitative estimate of drug-likeness (QED) is 0.692. The van der Waals surface area contributed by atoms with Gasteiger partial charge in [-0.2, -0.15) is 0 Å². The van der Waals surface area contributed by atoms with E-state index in [2.05, 4.69) is 5.32 Å². The fourth-order valence-corrected chi connectivity index (χ4v) is 0.774. The summed E-state index contributed by atoms with van der Waals surface area (Å²) in [7, 11) is 0. The number of carbonyl (C=O) groups is 2. The molecule has 94 valence electrons. The molecule has 1 amide bonds. The largest absolute Gasteiger partial charge is 0.479 e. The van der Waals surface area contributed by atoms with Gasteiger partial charge in [-0.1, -0.05) is 0 Å². The Hall–Kier alpha value is -1.30. The molecule has 1 atom stereocenters. The highest BCUT2D eigenvalue weighted by Crippen LogP contribution is 2.06. The number of nitrogens with one attached hydrogen (secondary N) is 1. The van der Waals surface area contributed by atoms with Crippen LogP contribution < -0.4 is 5.32 Å². The van der Waals surface area contributed by atoms with E-state index >= 15 is 0 Å². The Bertz CT molecular complexity index is 246. The number of rotatable bonds is 5. The molecule has 2 N–H and O–H groups in total. The van der Waals surface area contributed by atoms with Gasteiger partial charge in [0.1, 0.15) is 5.60 Å². The highest BCUT2D eigenvalue weighted by Gasteiger charge is 2.16. The average molecular weight is 233 g/mol. The first-order valence-corrected chi connectivity index (χ1v) is 5.03. The molecule has 0 spiro atoms. The summed E-state index contributed by atoms with van der Waals surface area (Å²) in [5.41, 5.74) is -0.542. The van der Waals surface area contributed by atoms with E-state index < -0.39 is 23.8 Å². The van der Waals surface area contributed by atoms with Crippen LogP contribution in [-0.4, -0.2) is 42.0 Å². The van der Waals surface area contributed by atoms with Gasteiger partial charge in [-0.05, 0) is 27.7 Å². The Kier molecular flexibility index (Phi) is 5.81. The molecule has 0 saturated carbocycles. The predicted octanol–water partition coefficient (Wildman–Crippen LogP) is 1.00. The van der Waals surface area contributed by atoms with Crippen molar-refractivity contribution in [1.82, 2.24) is 5.32 Å². The molecule has 16 heavy (non-hydrogen) atoms. The molecule has 0 radical (unpaired) electrons. The average Bonchev–Trinajstić information content (AvgIpc) is 2.08. The molecule has 0 aromatic carbocycles. The van der Waals surface area contributed by atoms with Crippen molar-refractivity contribution in [3.05, 3.63) is 0 Å². The topological polar surface area (TPSA) is 84.9 Å². The minimum Gasteiger partial charge on any atom is -0.479 e. The third-order valence-electron chi connectivity index (χ3n) is 1.49. The third kappa shape index (κ3) is 8.05. The summed E-state index contributed by atoms with van der Waals surface area (Å²) < 4.78 is 9.88. The van der Waals surface area contributed by atoms with Crippen LogP contribution in [0.4, 0.5) is 4.79 Å². The molecule has 0 rings (SSSR count). The zero-order valence-electron chi connectivity index (χ0n) is 10.1. The summed E-state index contributed by atoms with van der Waals surface area (Å²) in [5, 5.41) is 11.0. The predicted molar refractivity (Wildman–Crippen MR) is 57.3 cm³/mol. The van der Waals surface area contributed by atoms with Crippen molar-refractivity contribution < 1.29 is 24.2 Å².